The van der Waals surface area contributed by atoms with Crippen molar-refractivity contribution in [3.8, 4) is 11.4 Å². The molecule has 0 radical (unpaired) electrons. The second-order valence-corrected chi connectivity index (χ2v) is 7.38. The van der Waals surface area contributed by atoms with E-state index in [0.29, 0.717) is 22.8 Å². The molecule has 1 atom stereocenters. The highest BCUT2D eigenvalue weighted by Gasteiger charge is 2.47. The third-order valence-corrected chi connectivity index (χ3v) is 4.81. The number of hydrogen-bond donors (Lipinski definition) is 1. The number of hydrogen-bond acceptors (Lipinski definition) is 7. The number of carbonyl (C=O) groups is 3. The largest absolute Gasteiger partial charge is 0.454 e. The van der Waals surface area contributed by atoms with E-state index in [1.165, 1.54) is 0 Å². The van der Waals surface area contributed by atoms with Crippen LogP contribution in [0.25, 0.3) is 11.4 Å². The van der Waals surface area contributed by atoms with E-state index in [4.69, 9.17) is 20.9 Å². The van der Waals surface area contributed by atoms with Crippen molar-refractivity contribution >= 4 is 29.5 Å². The fourth-order valence-corrected chi connectivity index (χ4v) is 3.16. The summed E-state index contributed by atoms with van der Waals surface area (Å²) in [5.74, 6) is -0.803. The number of benzene rings is 1. The molecule has 1 aliphatic rings. The van der Waals surface area contributed by atoms with Gasteiger partial charge in [0.15, 0.2) is 6.61 Å². The van der Waals surface area contributed by atoms with Gasteiger partial charge in [-0.25, -0.2) is 4.79 Å². The van der Waals surface area contributed by atoms with Crippen molar-refractivity contribution in [1.29, 1.82) is 0 Å². The molecule has 9 nitrogen and oxygen atoms in total. The quantitative estimate of drug-likeness (QED) is 0.515. The normalized spacial score (nSPS) is 18.8. The highest BCUT2D eigenvalue weighted by Crippen LogP contribution is 2.23. The standard InChI is InChI=1S/C19H21ClN4O5/c1-3-4-8-19(2)17(26)24(18(27)22-19)10-15(25)28-11-14-21-16(23-29-14)12-6-5-7-13(20)9-12/h5-7,9H,3-4,8,10-11H2,1-2H3,(H,22,27)/t19-/m0/s1. The second-order valence-electron chi connectivity index (χ2n) is 6.94. The molecule has 0 saturated carbocycles. The highest BCUT2D eigenvalue weighted by atomic mass is 35.5. The molecule has 0 unspecified atom stereocenters. The van der Waals surface area contributed by atoms with Gasteiger partial charge in [0.05, 0.1) is 0 Å². The minimum Gasteiger partial charge on any atom is -0.454 e. The first-order valence-electron chi connectivity index (χ1n) is 9.20. The molecule has 1 aromatic heterocycles. The van der Waals surface area contributed by atoms with Gasteiger partial charge in [0.2, 0.25) is 5.82 Å². The predicted molar refractivity (Wildman–Crippen MR) is 103 cm³/mol. The van der Waals surface area contributed by atoms with Gasteiger partial charge in [0.25, 0.3) is 11.8 Å². The average molecular weight is 421 g/mol. The Bertz CT molecular complexity index is 931. The van der Waals surface area contributed by atoms with Crippen LogP contribution in [-0.2, 0) is 20.9 Å². The molecule has 1 aliphatic heterocycles. The average Bonchev–Trinajstić information content (AvgIpc) is 3.24. The van der Waals surface area contributed by atoms with Gasteiger partial charge in [-0.05, 0) is 25.5 Å². The molecular formula is C19H21ClN4O5. The summed E-state index contributed by atoms with van der Waals surface area (Å²) in [7, 11) is 0. The number of amides is 3. The van der Waals surface area contributed by atoms with Crippen molar-refractivity contribution in [2.24, 2.45) is 0 Å². The van der Waals surface area contributed by atoms with Crippen molar-refractivity contribution in [2.75, 3.05) is 6.54 Å². The molecule has 2 aromatic rings. The summed E-state index contributed by atoms with van der Waals surface area (Å²) in [6.07, 6.45) is 2.18. The molecule has 0 bridgehead atoms. The summed E-state index contributed by atoms with van der Waals surface area (Å²) in [6, 6.07) is 6.30. The number of rotatable bonds is 8. The van der Waals surface area contributed by atoms with Gasteiger partial charge < -0.3 is 14.6 Å². The predicted octanol–water partition coefficient (Wildman–Crippen LogP) is 2.93. The lowest BCUT2D eigenvalue weighted by molar-refractivity contribution is -0.149. The molecule has 1 aromatic carbocycles. The summed E-state index contributed by atoms with van der Waals surface area (Å²) in [4.78, 5) is 41.7. The fourth-order valence-electron chi connectivity index (χ4n) is 2.97. The summed E-state index contributed by atoms with van der Waals surface area (Å²) >= 11 is 5.94. The first-order valence-corrected chi connectivity index (χ1v) is 9.58. The van der Waals surface area contributed by atoms with Gasteiger partial charge in [-0.2, -0.15) is 4.98 Å². The highest BCUT2D eigenvalue weighted by molar-refractivity contribution is 6.30. The summed E-state index contributed by atoms with van der Waals surface area (Å²) in [6.45, 7) is 2.89. The van der Waals surface area contributed by atoms with Gasteiger partial charge in [-0.15, -0.1) is 0 Å². The van der Waals surface area contributed by atoms with Crippen LogP contribution in [0.4, 0.5) is 4.79 Å². The number of halogens is 1. The third kappa shape index (κ3) is 4.73. The number of ether oxygens (including phenoxy) is 1. The van der Waals surface area contributed by atoms with Crippen molar-refractivity contribution in [1.82, 2.24) is 20.4 Å². The Morgan fingerprint density at radius 1 is 1.38 bits per heavy atom. The minimum absolute atomic E-state index is 0.0818. The van der Waals surface area contributed by atoms with E-state index in [1.807, 2.05) is 6.92 Å². The van der Waals surface area contributed by atoms with E-state index >= 15 is 0 Å². The van der Waals surface area contributed by atoms with Crippen molar-refractivity contribution in [3.63, 3.8) is 0 Å². The van der Waals surface area contributed by atoms with E-state index in [0.717, 1.165) is 17.7 Å². The van der Waals surface area contributed by atoms with Crippen LogP contribution in [0.3, 0.4) is 0 Å². The van der Waals surface area contributed by atoms with E-state index in [1.54, 1.807) is 31.2 Å². The zero-order chi connectivity index (χ0) is 21.0. The van der Waals surface area contributed by atoms with Crippen LogP contribution in [0.2, 0.25) is 5.02 Å². The maximum Gasteiger partial charge on any atom is 0.326 e. The van der Waals surface area contributed by atoms with Crippen LogP contribution in [0.15, 0.2) is 28.8 Å². The van der Waals surface area contributed by atoms with Gasteiger partial charge in [0, 0.05) is 10.6 Å². The van der Waals surface area contributed by atoms with Crippen LogP contribution in [0.5, 0.6) is 0 Å². The minimum atomic E-state index is -0.994. The number of carbonyl (C=O) groups excluding carboxylic acids is 3. The summed E-state index contributed by atoms with van der Waals surface area (Å²) < 4.78 is 10.1. The topological polar surface area (TPSA) is 115 Å². The third-order valence-electron chi connectivity index (χ3n) is 4.57. The van der Waals surface area contributed by atoms with Crippen molar-refractivity contribution in [3.05, 3.63) is 35.2 Å². The Hall–Kier alpha value is -2.94. The number of nitrogens with one attached hydrogen (secondary N) is 1. The molecule has 2 heterocycles. The Morgan fingerprint density at radius 3 is 2.90 bits per heavy atom. The van der Waals surface area contributed by atoms with Crippen LogP contribution >= 0.6 is 11.6 Å². The maximum absolute atomic E-state index is 12.5. The molecule has 1 fully saturated rings. The van der Waals surface area contributed by atoms with Crippen molar-refractivity contribution < 1.29 is 23.6 Å². The lowest BCUT2D eigenvalue weighted by Gasteiger charge is -2.20. The zero-order valence-corrected chi connectivity index (χ0v) is 16.9. The molecule has 1 N–H and O–H groups in total. The molecule has 3 rings (SSSR count). The lowest BCUT2D eigenvalue weighted by Crippen LogP contribution is -2.44. The Kier molecular flexibility index (Phi) is 6.17. The number of esters is 1. The van der Waals surface area contributed by atoms with Crippen LogP contribution in [0.1, 0.15) is 39.0 Å². The smallest absolute Gasteiger partial charge is 0.326 e. The number of unbranched alkanes of at least 4 members (excludes halogenated alkanes) is 1. The molecule has 1 saturated heterocycles. The van der Waals surface area contributed by atoms with E-state index in [-0.39, 0.29) is 12.5 Å². The van der Waals surface area contributed by atoms with Gasteiger partial charge in [-0.1, -0.05) is 48.7 Å². The Labute approximate surface area is 172 Å². The summed E-state index contributed by atoms with van der Waals surface area (Å²) in [5, 5.41) is 6.99. The Balaban J connectivity index is 1.55. The monoisotopic (exact) mass is 420 g/mol. The van der Waals surface area contributed by atoms with Crippen LogP contribution in [-0.4, -0.2) is 45.0 Å². The molecule has 3 amide bonds. The Morgan fingerprint density at radius 2 is 2.17 bits per heavy atom. The van der Waals surface area contributed by atoms with Crippen LogP contribution in [0, 0.1) is 0 Å². The summed E-state index contributed by atoms with van der Waals surface area (Å²) in [5.41, 5.74) is -0.337. The van der Waals surface area contributed by atoms with E-state index < -0.39 is 30.0 Å². The molecule has 0 spiro atoms. The number of aromatic nitrogens is 2. The first kappa shape index (κ1) is 20.8. The van der Waals surface area contributed by atoms with E-state index in [2.05, 4.69) is 15.5 Å². The van der Waals surface area contributed by atoms with E-state index in [9.17, 15) is 14.4 Å². The molecule has 10 heteroatoms. The SMILES string of the molecule is CCCC[C@]1(C)NC(=O)N(CC(=O)OCc2nc(-c3cccc(Cl)c3)no2)C1=O. The molecule has 154 valence electrons. The first-order chi connectivity index (χ1) is 13.8. The molecule has 29 heavy (non-hydrogen) atoms. The molecular weight excluding hydrogens is 400 g/mol. The van der Waals surface area contributed by atoms with Gasteiger partial charge >= 0.3 is 12.0 Å². The maximum atomic E-state index is 12.5. The number of imide groups is 1. The fraction of sp³-hybridized carbons (Fsp3) is 0.421. The van der Waals surface area contributed by atoms with Gasteiger partial charge in [-0.3, -0.25) is 14.5 Å². The van der Waals surface area contributed by atoms with Crippen LogP contribution < -0.4 is 5.32 Å². The lowest BCUT2D eigenvalue weighted by atomic mass is 9.95. The number of urea groups is 1. The zero-order valence-electron chi connectivity index (χ0n) is 16.1. The van der Waals surface area contributed by atoms with Crippen molar-refractivity contribution in [2.45, 2.75) is 45.3 Å². The van der Waals surface area contributed by atoms with Gasteiger partial charge in [0.1, 0.15) is 12.1 Å². The molecule has 0 aliphatic carbocycles. The number of nitrogens with zero attached hydrogens (tertiary/aromatic N) is 3. The second kappa shape index (κ2) is 8.60.